The van der Waals surface area contributed by atoms with E-state index in [2.05, 4.69) is 11.8 Å². The lowest BCUT2D eigenvalue weighted by atomic mass is 9.90. The van der Waals surface area contributed by atoms with Crippen molar-refractivity contribution >= 4 is 0 Å². The van der Waals surface area contributed by atoms with E-state index in [-0.39, 0.29) is 0 Å². The molecule has 1 aliphatic heterocycles. The topological polar surface area (TPSA) is 49.5 Å². The third-order valence-corrected chi connectivity index (χ3v) is 2.69. The number of hydrogen-bond acceptors (Lipinski definition) is 3. The standard InChI is InChI=1S/C9H20N2O/c1-2-11-7-3-4-9(12,8-11)5-6-10/h12H,2-8,10H2,1H3. The van der Waals surface area contributed by atoms with Crippen molar-refractivity contribution in [3.05, 3.63) is 0 Å². The number of nitrogens with two attached hydrogens (primary N) is 1. The van der Waals surface area contributed by atoms with Gasteiger partial charge in [-0.2, -0.15) is 0 Å². The Balaban J connectivity index is 2.43. The highest BCUT2D eigenvalue weighted by Gasteiger charge is 2.31. The molecule has 1 unspecified atom stereocenters. The van der Waals surface area contributed by atoms with Gasteiger partial charge >= 0.3 is 0 Å². The number of β-amino-alcohol motifs (C(OH)–C–C–N with tert-alkyl or cyclic N) is 1. The Kier molecular flexibility index (Phi) is 3.50. The average molecular weight is 172 g/mol. The summed E-state index contributed by atoms with van der Waals surface area (Å²) in [4.78, 5) is 2.29. The molecule has 0 bridgehead atoms. The number of aliphatic hydroxyl groups is 1. The van der Waals surface area contributed by atoms with Gasteiger partial charge in [-0.3, -0.25) is 0 Å². The van der Waals surface area contributed by atoms with E-state index in [0.717, 1.165) is 38.9 Å². The first-order valence-corrected chi connectivity index (χ1v) is 4.85. The molecule has 1 fully saturated rings. The van der Waals surface area contributed by atoms with Gasteiger partial charge in [0.15, 0.2) is 0 Å². The fourth-order valence-corrected chi connectivity index (χ4v) is 1.95. The lowest BCUT2D eigenvalue weighted by Gasteiger charge is -2.38. The van der Waals surface area contributed by atoms with Crippen molar-refractivity contribution in [2.75, 3.05) is 26.2 Å². The summed E-state index contributed by atoms with van der Waals surface area (Å²) in [5.74, 6) is 0. The molecule has 0 aromatic carbocycles. The molecular weight excluding hydrogens is 152 g/mol. The van der Waals surface area contributed by atoms with E-state index >= 15 is 0 Å². The molecule has 3 heteroatoms. The zero-order valence-electron chi connectivity index (χ0n) is 7.92. The fourth-order valence-electron chi connectivity index (χ4n) is 1.95. The first-order chi connectivity index (χ1) is 5.70. The second-order valence-corrected chi connectivity index (χ2v) is 3.74. The molecule has 1 rings (SSSR count). The van der Waals surface area contributed by atoms with Crippen molar-refractivity contribution in [1.82, 2.24) is 4.90 Å². The van der Waals surface area contributed by atoms with E-state index in [4.69, 9.17) is 5.73 Å². The van der Waals surface area contributed by atoms with E-state index in [1.165, 1.54) is 0 Å². The van der Waals surface area contributed by atoms with Gasteiger partial charge in [0, 0.05) is 6.54 Å². The van der Waals surface area contributed by atoms with Crippen molar-refractivity contribution < 1.29 is 5.11 Å². The van der Waals surface area contributed by atoms with Gasteiger partial charge < -0.3 is 15.7 Å². The summed E-state index contributed by atoms with van der Waals surface area (Å²) in [6.07, 6.45) is 2.76. The minimum Gasteiger partial charge on any atom is -0.389 e. The maximum absolute atomic E-state index is 10.1. The quantitative estimate of drug-likeness (QED) is 0.638. The molecule has 0 spiro atoms. The minimum atomic E-state index is -0.497. The third kappa shape index (κ3) is 2.44. The highest BCUT2D eigenvalue weighted by molar-refractivity contribution is 4.86. The van der Waals surface area contributed by atoms with Crippen molar-refractivity contribution in [3.63, 3.8) is 0 Å². The van der Waals surface area contributed by atoms with Crippen LogP contribution >= 0.6 is 0 Å². The summed E-state index contributed by atoms with van der Waals surface area (Å²) in [5.41, 5.74) is 4.96. The molecule has 3 nitrogen and oxygen atoms in total. The van der Waals surface area contributed by atoms with Crippen LogP contribution < -0.4 is 5.73 Å². The van der Waals surface area contributed by atoms with Crippen LogP contribution in [0.3, 0.4) is 0 Å². The number of likely N-dealkylation sites (N-methyl/N-ethyl adjacent to an activating group) is 1. The van der Waals surface area contributed by atoms with Crippen LogP contribution in [0.5, 0.6) is 0 Å². The average Bonchev–Trinajstić information content (AvgIpc) is 2.04. The molecule has 1 heterocycles. The Bertz CT molecular complexity index is 136. The van der Waals surface area contributed by atoms with E-state index in [0.29, 0.717) is 6.54 Å². The second kappa shape index (κ2) is 4.21. The van der Waals surface area contributed by atoms with Gasteiger partial charge in [0.25, 0.3) is 0 Å². The van der Waals surface area contributed by atoms with Gasteiger partial charge in [0.05, 0.1) is 5.60 Å². The molecule has 0 aromatic heterocycles. The normalized spacial score (nSPS) is 32.2. The molecule has 72 valence electrons. The Morgan fingerprint density at radius 3 is 2.92 bits per heavy atom. The summed E-state index contributed by atoms with van der Waals surface area (Å²) < 4.78 is 0. The first kappa shape index (κ1) is 9.96. The predicted octanol–water partition coefficient (Wildman–Crippen LogP) is 0.182. The van der Waals surface area contributed by atoms with Crippen LogP contribution in [0.2, 0.25) is 0 Å². The number of piperidine rings is 1. The summed E-state index contributed by atoms with van der Waals surface area (Å²) in [6, 6.07) is 0. The number of likely N-dealkylation sites (tertiary alicyclic amines) is 1. The molecule has 3 N–H and O–H groups in total. The molecule has 1 atom stereocenters. The van der Waals surface area contributed by atoms with Crippen LogP contribution in [0.15, 0.2) is 0 Å². The number of hydrogen-bond donors (Lipinski definition) is 2. The summed E-state index contributed by atoms with van der Waals surface area (Å²) >= 11 is 0. The van der Waals surface area contributed by atoms with Crippen molar-refractivity contribution in [1.29, 1.82) is 0 Å². The second-order valence-electron chi connectivity index (χ2n) is 3.74. The van der Waals surface area contributed by atoms with Crippen LogP contribution in [-0.2, 0) is 0 Å². The molecule has 12 heavy (non-hydrogen) atoms. The van der Waals surface area contributed by atoms with Crippen LogP contribution in [0, 0.1) is 0 Å². The highest BCUT2D eigenvalue weighted by atomic mass is 16.3. The van der Waals surface area contributed by atoms with E-state index < -0.39 is 5.60 Å². The predicted molar refractivity (Wildman–Crippen MR) is 50.0 cm³/mol. The van der Waals surface area contributed by atoms with Crippen molar-refractivity contribution in [3.8, 4) is 0 Å². The summed E-state index contributed by atoms with van der Waals surface area (Å²) in [6.45, 7) is 5.69. The van der Waals surface area contributed by atoms with Gasteiger partial charge in [0.1, 0.15) is 0 Å². The third-order valence-electron chi connectivity index (χ3n) is 2.69. The van der Waals surface area contributed by atoms with Crippen LogP contribution in [-0.4, -0.2) is 41.8 Å². The molecule has 0 aliphatic carbocycles. The van der Waals surface area contributed by atoms with Gasteiger partial charge in [-0.25, -0.2) is 0 Å². The molecule has 0 aromatic rings. The smallest absolute Gasteiger partial charge is 0.0786 e. The summed E-state index contributed by atoms with van der Waals surface area (Å²) in [7, 11) is 0. The fraction of sp³-hybridized carbons (Fsp3) is 1.00. The van der Waals surface area contributed by atoms with E-state index in [9.17, 15) is 5.11 Å². The lowest BCUT2D eigenvalue weighted by Crippen LogP contribution is -2.48. The minimum absolute atomic E-state index is 0.497. The SMILES string of the molecule is CCN1CCCC(O)(CCN)C1. The lowest BCUT2D eigenvalue weighted by molar-refractivity contribution is -0.0334. The molecule has 1 saturated heterocycles. The maximum Gasteiger partial charge on any atom is 0.0786 e. The Morgan fingerprint density at radius 1 is 1.58 bits per heavy atom. The van der Waals surface area contributed by atoms with Crippen LogP contribution in [0.4, 0.5) is 0 Å². The Labute approximate surface area is 74.5 Å². The number of nitrogens with zero attached hydrogens (tertiary/aromatic N) is 1. The molecular formula is C9H20N2O. The van der Waals surface area contributed by atoms with Gasteiger partial charge in [-0.05, 0) is 38.9 Å². The Morgan fingerprint density at radius 2 is 2.33 bits per heavy atom. The van der Waals surface area contributed by atoms with Crippen LogP contribution in [0.25, 0.3) is 0 Å². The largest absolute Gasteiger partial charge is 0.389 e. The molecule has 0 saturated carbocycles. The number of rotatable bonds is 3. The van der Waals surface area contributed by atoms with Crippen molar-refractivity contribution in [2.45, 2.75) is 31.8 Å². The molecule has 0 amide bonds. The maximum atomic E-state index is 10.1. The van der Waals surface area contributed by atoms with Gasteiger partial charge in [0.2, 0.25) is 0 Å². The van der Waals surface area contributed by atoms with Crippen molar-refractivity contribution in [2.24, 2.45) is 5.73 Å². The monoisotopic (exact) mass is 172 g/mol. The van der Waals surface area contributed by atoms with Gasteiger partial charge in [-0.1, -0.05) is 6.92 Å². The molecule has 0 radical (unpaired) electrons. The molecule has 1 aliphatic rings. The zero-order valence-corrected chi connectivity index (χ0v) is 7.92. The summed E-state index contributed by atoms with van der Waals surface area (Å²) in [5, 5.41) is 10.1. The highest BCUT2D eigenvalue weighted by Crippen LogP contribution is 2.23. The van der Waals surface area contributed by atoms with Gasteiger partial charge in [-0.15, -0.1) is 0 Å². The van der Waals surface area contributed by atoms with E-state index in [1.54, 1.807) is 0 Å². The van der Waals surface area contributed by atoms with Crippen LogP contribution in [0.1, 0.15) is 26.2 Å². The van der Waals surface area contributed by atoms with E-state index in [1.807, 2.05) is 0 Å². The Hall–Kier alpha value is -0.120. The zero-order chi connectivity index (χ0) is 9.03. The first-order valence-electron chi connectivity index (χ1n) is 4.85.